The highest BCUT2D eigenvalue weighted by atomic mass is 16.2. The molecular weight excluding hydrogens is 218 g/mol. The van der Waals surface area contributed by atoms with Crippen LogP contribution in [0.25, 0.3) is 0 Å². The molecule has 1 aliphatic rings. The number of anilines is 2. The Morgan fingerprint density at radius 3 is 2.47 bits per heavy atom. The molecule has 1 aliphatic heterocycles. The van der Waals surface area contributed by atoms with Crippen molar-refractivity contribution in [2.75, 3.05) is 23.7 Å². The van der Waals surface area contributed by atoms with Gasteiger partial charge in [0.25, 0.3) is 0 Å². The summed E-state index contributed by atoms with van der Waals surface area (Å²) in [4.78, 5) is 26.7. The summed E-state index contributed by atoms with van der Waals surface area (Å²) < 4.78 is 0. The molecule has 0 unspecified atom stereocenters. The Labute approximate surface area is 99.8 Å². The molecule has 1 fully saturated rings. The summed E-state index contributed by atoms with van der Waals surface area (Å²) in [5.74, 6) is -0.163. The average Bonchev–Trinajstić information content (AvgIpc) is 2.32. The van der Waals surface area contributed by atoms with E-state index in [9.17, 15) is 9.59 Å². The molecule has 1 saturated heterocycles. The number of nitrogens with zero attached hydrogens (tertiary/aromatic N) is 2. The molecule has 0 aliphatic carbocycles. The van der Waals surface area contributed by atoms with Gasteiger partial charge in [0.15, 0.2) is 0 Å². The molecule has 1 aromatic carbocycles. The predicted octanol–water partition coefficient (Wildman–Crippen LogP) is 1.45. The average molecular weight is 233 g/mol. The second kappa shape index (κ2) is 4.45. The lowest BCUT2D eigenvalue weighted by Crippen LogP contribution is -2.52. The highest BCUT2D eigenvalue weighted by Gasteiger charge is 2.32. The van der Waals surface area contributed by atoms with Crippen molar-refractivity contribution in [1.82, 2.24) is 4.90 Å². The molecule has 5 heteroatoms. The molecule has 1 heterocycles. The first kappa shape index (κ1) is 11.4. The number of nitrogen functional groups attached to an aromatic ring is 1. The summed E-state index contributed by atoms with van der Waals surface area (Å²) in [5.41, 5.74) is 6.77. The van der Waals surface area contributed by atoms with E-state index in [4.69, 9.17) is 5.73 Å². The summed E-state index contributed by atoms with van der Waals surface area (Å²) in [6.07, 6.45) is 0.365. The molecule has 0 aromatic heterocycles. The van der Waals surface area contributed by atoms with Crippen molar-refractivity contribution in [1.29, 1.82) is 0 Å². The number of amides is 3. The highest BCUT2D eigenvalue weighted by Crippen LogP contribution is 2.21. The quantitative estimate of drug-likeness (QED) is 0.786. The Morgan fingerprint density at radius 2 is 1.88 bits per heavy atom. The molecule has 90 valence electrons. The molecule has 5 nitrogen and oxygen atoms in total. The SMILES string of the molecule is CCN1CCC(=O)N(c2ccc(N)cc2)C1=O. The summed E-state index contributed by atoms with van der Waals surface area (Å²) in [6, 6.07) is 6.48. The fraction of sp³-hybridized carbons (Fsp3) is 0.333. The van der Waals surface area contributed by atoms with E-state index >= 15 is 0 Å². The summed E-state index contributed by atoms with van der Waals surface area (Å²) >= 11 is 0. The third-order valence-corrected chi connectivity index (χ3v) is 2.84. The first-order chi connectivity index (χ1) is 8.13. The van der Waals surface area contributed by atoms with Crippen LogP contribution in [-0.2, 0) is 4.79 Å². The first-order valence-corrected chi connectivity index (χ1v) is 5.61. The number of benzene rings is 1. The Hall–Kier alpha value is -2.04. The van der Waals surface area contributed by atoms with Crippen LogP contribution in [0.4, 0.5) is 16.2 Å². The topological polar surface area (TPSA) is 66.6 Å². The van der Waals surface area contributed by atoms with Gasteiger partial charge >= 0.3 is 6.03 Å². The van der Waals surface area contributed by atoms with Crippen LogP contribution in [0.15, 0.2) is 24.3 Å². The molecule has 2 rings (SSSR count). The van der Waals surface area contributed by atoms with Crippen molar-refractivity contribution in [3.8, 4) is 0 Å². The summed E-state index contributed by atoms with van der Waals surface area (Å²) in [5, 5.41) is 0. The number of hydrogen-bond donors (Lipinski definition) is 1. The molecule has 0 saturated carbocycles. The number of hydrogen-bond acceptors (Lipinski definition) is 3. The van der Waals surface area contributed by atoms with Gasteiger partial charge in [0.1, 0.15) is 0 Å². The number of carbonyl (C=O) groups excluding carboxylic acids is 2. The predicted molar refractivity (Wildman–Crippen MR) is 65.6 cm³/mol. The van der Waals surface area contributed by atoms with Gasteiger partial charge in [-0.1, -0.05) is 0 Å². The zero-order chi connectivity index (χ0) is 12.4. The van der Waals surface area contributed by atoms with Gasteiger partial charge < -0.3 is 10.6 Å². The van der Waals surface area contributed by atoms with Gasteiger partial charge in [-0.05, 0) is 31.2 Å². The normalized spacial score (nSPS) is 16.5. The second-order valence-corrected chi connectivity index (χ2v) is 3.93. The van der Waals surface area contributed by atoms with Crippen LogP contribution in [0.5, 0.6) is 0 Å². The maximum atomic E-state index is 12.1. The summed E-state index contributed by atoms with van der Waals surface area (Å²) in [6.45, 7) is 3.01. The lowest BCUT2D eigenvalue weighted by Gasteiger charge is -2.33. The minimum atomic E-state index is -0.256. The van der Waals surface area contributed by atoms with Crippen LogP contribution in [0.2, 0.25) is 0 Å². The van der Waals surface area contributed by atoms with Crippen molar-refractivity contribution < 1.29 is 9.59 Å². The third kappa shape index (κ3) is 2.08. The van der Waals surface area contributed by atoms with Crippen molar-refractivity contribution in [2.24, 2.45) is 0 Å². The molecule has 3 amide bonds. The van der Waals surface area contributed by atoms with Gasteiger partial charge in [0, 0.05) is 25.2 Å². The van der Waals surface area contributed by atoms with Crippen LogP contribution in [0.3, 0.4) is 0 Å². The first-order valence-electron chi connectivity index (χ1n) is 5.61. The van der Waals surface area contributed by atoms with Crippen LogP contribution < -0.4 is 10.6 Å². The third-order valence-electron chi connectivity index (χ3n) is 2.84. The number of urea groups is 1. The molecule has 1 aromatic rings. The van der Waals surface area contributed by atoms with E-state index in [1.807, 2.05) is 6.92 Å². The van der Waals surface area contributed by atoms with Gasteiger partial charge in [-0.2, -0.15) is 0 Å². The monoisotopic (exact) mass is 233 g/mol. The van der Waals surface area contributed by atoms with Crippen LogP contribution in [-0.4, -0.2) is 29.9 Å². The van der Waals surface area contributed by atoms with E-state index < -0.39 is 0 Å². The van der Waals surface area contributed by atoms with Crippen molar-refractivity contribution >= 4 is 23.3 Å². The Bertz CT molecular complexity index is 442. The standard InChI is InChI=1S/C12H15N3O2/c1-2-14-8-7-11(16)15(12(14)17)10-5-3-9(13)4-6-10/h3-6H,2,7-8,13H2,1H3. The lowest BCUT2D eigenvalue weighted by atomic mass is 10.2. The fourth-order valence-electron chi connectivity index (χ4n) is 1.86. The van der Waals surface area contributed by atoms with Gasteiger partial charge in [-0.25, -0.2) is 9.69 Å². The van der Waals surface area contributed by atoms with E-state index in [1.54, 1.807) is 29.2 Å². The largest absolute Gasteiger partial charge is 0.399 e. The minimum absolute atomic E-state index is 0.163. The molecule has 2 N–H and O–H groups in total. The van der Waals surface area contributed by atoms with E-state index in [2.05, 4.69) is 0 Å². The molecule has 0 radical (unpaired) electrons. The zero-order valence-electron chi connectivity index (χ0n) is 9.72. The maximum Gasteiger partial charge on any atom is 0.331 e. The number of nitrogens with two attached hydrogens (primary N) is 1. The van der Waals surface area contributed by atoms with Gasteiger partial charge in [0.2, 0.25) is 5.91 Å². The molecule has 0 bridgehead atoms. The van der Waals surface area contributed by atoms with Crippen LogP contribution in [0.1, 0.15) is 13.3 Å². The fourth-order valence-corrected chi connectivity index (χ4v) is 1.86. The maximum absolute atomic E-state index is 12.1. The molecular formula is C12H15N3O2. The van der Waals surface area contributed by atoms with Crippen molar-refractivity contribution in [3.63, 3.8) is 0 Å². The molecule has 17 heavy (non-hydrogen) atoms. The highest BCUT2D eigenvalue weighted by molar-refractivity contribution is 6.15. The van der Waals surface area contributed by atoms with Crippen molar-refractivity contribution in [3.05, 3.63) is 24.3 Å². The second-order valence-electron chi connectivity index (χ2n) is 3.93. The van der Waals surface area contributed by atoms with Crippen LogP contribution >= 0.6 is 0 Å². The van der Waals surface area contributed by atoms with E-state index in [-0.39, 0.29) is 11.9 Å². The van der Waals surface area contributed by atoms with E-state index in [1.165, 1.54) is 4.90 Å². The Balaban J connectivity index is 2.31. The Kier molecular flexibility index (Phi) is 2.99. The molecule has 0 spiro atoms. The van der Waals surface area contributed by atoms with E-state index in [0.717, 1.165) is 0 Å². The smallest absolute Gasteiger partial charge is 0.331 e. The van der Waals surface area contributed by atoms with Gasteiger partial charge in [0.05, 0.1) is 5.69 Å². The zero-order valence-corrected chi connectivity index (χ0v) is 9.72. The van der Waals surface area contributed by atoms with Gasteiger partial charge in [-0.3, -0.25) is 4.79 Å². The lowest BCUT2D eigenvalue weighted by molar-refractivity contribution is -0.119. The molecule has 0 atom stereocenters. The van der Waals surface area contributed by atoms with Gasteiger partial charge in [-0.15, -0.1) is 0 Å². The number of carbonyl (C=O) groups is 2. The Morgan fingerprint density at radius 1 is 1.24 bits per heavy atom. The van der Waals surface area contributed by atoms with Crippen LogP contribution in [0, 0.1) is 0 Å². The number of rotatable bonds is 2. The minimum Gasteiger partial charge on any atom is -0.399 e. The number of imide groups is 1. The summed E-state index contributed by atoms with van der Waals surface area (Å²) in [7, 11) is 0. The van der Waals surface area contributed by atoms with E-state index in [0.29, 0.717) is 30.9 Å². The van der Waals surface area contributed by atoms with Crippen molar-refractivity contribution in [2.45, 2.75) is 13.3 Å².